The molecule has 2 heterocycles. The molecule has 1 aliphatic heterocycles. The van der Waals surface area contributed by atoms with Gasteiger partial charge in [0, 0.05) is 50.6 Å². The first-order chi connectivity index (χ1) is 12.0. The van der Waals surface area contributed by atoms with Crippen molar-refractivity contribution in [1.29, 1.82) is 0 Å². The quantitative estimate of drug-likeness (QED) is 0.928. The number of amides is 1. The number of carbonyl (C=O) groups excluding carboxylic acids is 1. The van der Waals surface area contributed by atoms with Crippen LogP contribution in [0.4, 0.5) is 17.5 Å². The number of benzene rings is 1. The Morgan fingerprint density at radius 3 is 2.40 bits per heavy atom. The van der Waals surface area contributed by atoms with Gasteiger partial charge < -0.3 is 15.1 Å². The van der Waals surface area contributed by atoms with Crippen LogP contribution in [0.2, 0.25) is 0 Å². The summed E-state index contributed by atoms with van der Waals surface area (Å²) in [6.07, 6.45) is 1.03. The number of aromatic nitrogens is 2. The molecule has 0 radical (unpaired) electrons. The molecule has 25 heavy (non-hydrogen) atoms. The van der Waals surface area contributed by atoms with E-state index in [9.17, 15) is 4.79 Å². The summed E-state index contributed by atoms with van der Waals surface area (Å²) in [5, 5.41) is 3.29. The molecule has 6 heteroatoms. The number of hydrogen-bond donors (Lipinski definition) is 1. The van der Waals surface area contributed by atoms with Crippen LogP contribution in [0.3, 0.4) is 0 Å². The predicted molar refractivity (Wildman–Crippen MR) is 100 cm³/mol. The number of nitrogens with one attached hydrogen (secondary N) is 1. The minimum Gasteiger partial charge on any atom is -0.353 e. The summed E-state index contributed by atoms with van der Waals surface area (Å²) < 4.78 is 0. The van der Waals surface area contributed by atoms with Crippen molar-refractivity contribution in [1.82, 2.24) is 14.9 Å². The second-order valence-corrected chi connectivity index (χ2v) is 6.36. The Hall–Kier alpha value is -2.63. The number of rotatable bonds is 4. The summed E-state index contributed by atoms with van der Waals surface area (Å²) in [4.78, 5) is 24.7. The third-order valence-corrected chi connectivity index (χ3v) is 4.51. The molecule has 1 N–H and O–H groups in total. The van der Waals surface area contributed by atoms with Crippen LogP contribution in [0, 0.1) is 6.92 Å². The minimum absolute atomic E-state index is 0.136. The van der Waals surface area contributed by atoms with Crippen LogP contribution in [-0.4, -0.2) is 47.0 Å². The summed E-state index contributed by atoms with van der Waals surface area (Å²) in [7, 11) is 0. The molecular formula is C19H25N5O. The van der Waals surface area contributed by atoms with Crippen molar-refractivity contribution in [2.24, 2.45) is 0 Å². The van der Waals surface area contributed by atoms with Crippen LogP contribution >= 0.6 is 0 Å². The Kier molecular flexibility index (Phi) is 5.16. The number of piperazine rings is 1. The van der Waals surface area contributed by atoms with E-state index in [2.05, 4.69) is 51.4 Å². The zero-order valence-corrected chi connectivity index (χ0v) is 15.1. The zero-order chi connectivity index (χ0) is 17.8. The highest BCUT2D eigenvalue weighted by Gasteiger charge is 2.20. The maximum atomic E-state index is 11.5. The van der Waals surface area contributed by atoms with Gasteiger partial charge in [-0.25, -0.2) is 4.98 Å². The highest BCUT2D eigenvalue weighted by molar-refractivity contribution is 5.73. The Morgan fingerprint density at radius 1 is 1.12 bits per heavy atom. The molecule has 3 rings (SSSR count). The van der Waals surface area contributed by atoms with Crippen LogP contribution < -0.4 is 10.2 Å². The summed E-state index contributed by atoms with van der Waals surface area (Å²) in [5.74, 6) is 1.65. The molecular weight excluding hydrogens is 314 g/mol. The fourth-order valence-electron chi connectivity index (χ4n) is 2.97. The normalized spacial score (nSPS) is 14.5. The summed E-state index contributed by atoms with van der Waals surface area (Å²) in [6, 6.07) is 10.3. The second-order valence-electron chi connectivity index (χ2n) is 6.36. The van der Waals surface area contributed by atoms with E-state index >= 15 is 0 Å². The van der Waals surface area contributed by atoms with Crippen molar-refractivity contribution in [2.45, 2.75) is 27.2 Å². The van der Waals surface area contributed by atoms with Gasteiger partial charge in [-0.15, -0.1) is 0 Å². The van der Waals surface area contributed by atoms with E-state index in [1.54, 1.807) is 6.92 Å². The lowest BCUT2D eigenvalue weighted by molar-refractivity contribution is -0.129. The molecule has 1 aromatic heterocycles. The molecule has 1 amide bonds. The van der Waals surface area contributed by atoms with E-state index in [0.717, 1.165) is 49.8 Å². The van der Waals surface area contributed by atoms with Gasteiger partial charge in [-0.3, -0.25) is 4.79 Å². The predicted octanol–water partition coefficient (Wildman–Crippen LogP) is 2.76. The smallest absolute Gasteiger partial charge is 0.229 e. The number of hydrogen-bond acceptors (Lipinski definition) is 5. The maximum absolute atomic E-state index is 11.5. The van der Waals surface area contributed by atoms with Gasteiger partial charge in [-0.2, -0.15) is 4.98 Å². The fourth-order valence-corrected chi connectivity index (χ4v) is 2.97. The van der Waals surface area contributed by atoms with Gasteiger partial charge in [-0.1, -0.05) is 19.1 Å². The first-order valence-corrected chi connectivity index (χ1v) is 8.77. The first kappa shape index (κ1) is 17.2. The molecule has 1 aliphatic rings. The van der Waals surface area contributed by atoms with Crippen molar-refractivity contribution in [3.63, 3.8) is 0 Å². The van der Waals surface area contributed by atoms with Gasteiger partial charge in [0.25, 0.3) is 0 Å². The van der Waals surface area contributed by atoms with E-state index in [-0.39, 0.29) is 5.91 Å². The standard InChI is InChI=1S/C19H25N5O/c1-4-16-5-7-17(8-6-16)21-19-20-14(2)13-18(22-19)24-11-9-23(10-12-24)15(3)25/h5-8,13H,4,9-12H2,1-3H3,(H,20,21,22). The van der Waals surface area contributed by atoms with Gasteiger partial charge in [0.15, 0.2) is 0 Å². The SMILES string of the molecule is CCc1ccc(Nc2nc(C)cc(N3CCN(C(C)=O)CC3)n2)cc1. The van der Waals surface area contributed by atoms with Crippen molar-refractivity contribution < 1.29 is 4.79 Å². The monoisotopic (exact) mass is 339 g/mol. The lowest BCUT2D eigenvalue weighted by Gasteiger charge is -2.35. The molecule has 1 aromatic carbocycles. The van der Waals surface area contributed by atoms with E-state index in [4.69, 9.17) is 0 Å². The highest BCUT2D eigenvalue weighted by atomic mass is 16.2. The molecule has 0 atom stereocenters. The van der Waals surface area contributed by atoms with Crippen LogP contribution in [-0.2, 0) is 11.2 Å². The Balaban J connectivity index is 1.73. The average molecular weight is 339 g/mol. The van der Waals surface area contributed by atoms with E-state index in [1.165, 1.54) is 5.56 Å². The average Bonchev–Trinajstić information content (AvgIpc) is 2.62. The molecule has 1 fully saturated rings. The van der Waals surface area contributed by atoms with Crippen molar-refractivity contribution in [3.8, 4) is 0 Å². The van der Waals surface area contributed by atoms with Gasteiger partial charge in [0.1, 0.15) is 5.82 Å². The van der Waals surface area contributed by atoms with Crippen LogP contribution in [0.1, 0.15) is 25.1 Å². The van der Waals surface area contributed by atoms with Crippen LogP contribution in [0.15, 0.2) is 30.3 Å². The number of carbonyl (C=O) groups is 1. The second kappa shape index (κ2) is 7.51. The highest BCUT2D eigenvalue weighted by Crippen LogP contribution is 2.20. The zero-order valence-electron chi connectivity index (χ0n) is 15.1. The van der Waals surface area contributed by atoms with E-state index < -0.39 is 0 Å². The Labute approximate surface area is 148 Å². The van der Waals surface area contributed by atoms with Gasteiger partial charge in [0.2, 0.25) is 11.9 Å². The summed E-state index contributed by atoms with van der Waals surface area (Å²) >= 11 is 0. The number of aryl methyl sites for hydroxylation is 2. The fraction of sp³-hybridized carbons (Fsp3) is 0.421. The summed E-state index contributed by atoms with van der Waals surface area (Å²) in [6.45, 7) is 8.80. The maximum Gasteiger partial charge on any atom is 0.229 e. The Morgan fingerprint density at radius 2 is 1.80 bits per heavy atom. The lowest BCUT2D eigenvalue weighted by Crippen LogP contribution is -2.48. The molecule has 0 aliphatic carbocycles. The van der Waals surface area contributed by atoms with E-state index in [1.807, 2.05) is 17.9 Å². The molecule has 0 unspecified atom stereocenters. The largest absolute Gasteiger partial charge is 0.353 e. The number of anilines is 3. The van der Waals surface area contributed by atoms with Crippen LogP contribution in [0.5, 0.6) is 0 Å². The molecule has 6 nitrogen and oxygen atoms in total. The third-order valence-electron chi connectivity index (χ3n) is 4.51. The molecule has 2 aromatic rings. The molecule has 132 valence electrons. The van der Waals surface area contributed by atoms with Gasteiger partial charge in [0.05, 0.1) is 0 Å². The Bertz CT molecular complexity index is 736. The minimum atomic E-state index is 0.136. The van der Waals surface area contributed by atoms with Gasteiger partial charge in [-0.05, 0) is 31.0 Å². The van der Waals surface area contributed by atoms with E-state index in [0.29, 0.717) is 5.95 Å². The topological polar surface area (TPSA) is 61.4 Å². The van der Waals surface area contributed by atoms with Crippen LogP contribution in [0.25, 0.3) is 0 Å². The number of nitrogens with zero attached hydrogens (tertiary/aromatic N) is 4. The van der Waals surface area contributed by atoms with Crippen molar-refractivity contribution in [2.75, 3.05) is 36.4 Å². The van der Waals surface area contributed by atoms with Crippen molar-refractivity contribution >= 4 is 23.4 Å². The molecule has 0 bridgehead atoms. The van der Waals surface area contributed by atoms with Crippen molar-refractivity contribution in [3.05, 3.63) is 41.6 Å². The molecule has 1 saturated heterocycles. The lowest BCUT2D eigenvalue weighted by atomic mass is 10.1. The molecule has 0 spiro atoms. The first-order valence-electron chi connectivity index (χ1n) is 8.77. The summed E-state index contributed by atoms with van der Waals surface area (Å²) in [5.41, 5.74) is 3.21. The third kappa shape index (κ3) is 4.26. The molecule has 0 saturated carbocycles. The van der Waals surface area contributed by atoms with Gasteiger partial charge >= 0.3 is 0 Å².